The molecule has 3 N–H and O–H groups in total. The summed E-state index contributed by atoms with van der Waals surface area (Å²) >= 11 is 5.18. The van der Waals surface area contributed by atoms with Crippen molar-refractivity contribution in [2.75, 3.05) is 6.61 Å². The van der Waals surface area contributed by atoms with Gasteiger partial charge in [0.25, 0.3) is 5.91 Å². The number of carbonyl (C=O) groups excluding carboxylic acids is 1. The Hall–Kier alpha value is -3.58. The van der Waals surface area contributed by atoms with Gasteiger partial charge in [0.05, 0.1) is 6.61 Å². The van der Waals surface area contributed by atoms with E-state index in [9.17, 15) is 4.79 Å². The van der Waals surface area contributed by atoms with Gasteiger partial charge in [0.1, 0.15) is 18.1 Å². The quantitative estimate of drug-likeness (QED) is 0.367. The van der Waals surface area contributed by atoms with Gasteiger partial charge in [-0.2, -0.15) is 0 Å². The monoisotopic (exact) mass is 435 g/mol. The van der Waals surface area contributed by atoms with Crippen molar-refractivity contribution in [2.24, 2.45) is 0 Å². The van der Waals surface area contributed by atoms with E-state index in [1.165, 1.54) is 0 Å². The molecular formula is C24H25N3O3S. The van der Waals surface area contributed by atoms with Gasteiger partial charge in [-0.3, -0.25) is 15.6 Å². The van der Waals surface area contributed by atoms with E-state index < -0.39 is 0 Å². The number of carbonyl (C=O) groups is 1. The van der Waals surface area contributed by atoms with E-state index in [2.05, 4.69) is 16.2 Å². The van der Waals surface area contributed by atoms with Gasteiger partial charge >= 0.3 is 0 Å². The number of hydrogen-bond donors (Lipinski definition) is 3. The van der Waals surface area contributed by atoms with Crippen LogP contribution in [0.4, 0.5) is 0 Å². The van der Waals surface area contributed by atoms with Crippen molar-refractivity contribution in [1.82, 2.24) is 16.2 Å². The Morgan fingerprint density at radius 3 is 2.10 bits per heavy atom. The first-order valence-corrected chi connectivity index (χ1v) is 10.4. The maximum atomic E-state index is 12.3. The molecule has 0 heterocycles. The van der Waals surface area contributed by atoms with Gasteiger partial charge in [0.15, 0.2) is 5.11 Å². The van der Waals surface area contributed by atoms with Crippen molar-refractivity contribution in [3.8, 4) is 11.5 Å². The zero-order valence-corrected chi connectivity index (χ0v) is 18.1. The molecule has 3 rings (SSSR count). The summed E-state index contributed by atoms with van der Waals surface area (Å²) in [6.07, 6.45) is 0. The summed E-state index contributed by atoms with van der Waals surface area (Å²) in [7, 11) is 0. The van der Waals surface area contributed by atoms with E-state index in [1.807, 2.05) is 73.7 Å². The lowest BCUT2D eigenvalue weighted by molar-refractivity contribution is 0.0943. The van der Waals surface area contributed by atoms with E-state index in [1.54, 1.807) is 12.1 Å². The van der Waals surface area contributed by atoms with Crippen molar-refractivity contribution < 1.29 is 14.3 Å². The highest BCUT2D eigenvalue weighted by atomic mass is 32.1. The third-order valence-corrected chi connectivity index (χ3v) is 4.59. The van der Waals surface area contributed by atoms with Crippen molar-refractivity contribution in [3.05, 3.63) is 95.6 Å². The fourth-order valence-corrected chi connectivity index (χ4v) is 2.85. The average Bonchev–Trinajstić information content (AvgIpc) is 2.82. The van der Waals surface area contributed by atoms with Gasteiger partial charge in [-0.1, -0.05) is 42.5 Å². The zero-order chi connectivity index (χ0) is 21.9. The minimum atomic E-state index is -0.275. The Morgan fingerprint density at radius 1 is 0.806 bits per heavy atom. The molecule has 0 fully saturated rings. The van der Waals surface area contributed by atoms with E-state index in [4.69, 9.17) is 21.7 Å². The summed E-state index contributed by atoms with van der Waals surface area (Å²) in [5.74, 6) is 1.29. The molecule has 1 amide bonds. The molecule has 0 aliphatic heterocycles. The summed E-state index contributed by atoms with van der Waals surface area (Å²) in [6, 6.07) is 24.6. The summed E-state index contributed by atoms with van der Waals surface area (Å²) in [4.78, 5) is 12.3. The molecule has 0 radical (unpaired) electrons. The van der Waals surface area contributed by atoms with Crippen LogP contribution in [0.2, 0.25) is 0 Å². The molecule has 0 unspecified atom stereocenters. The first kappa shape index (κ1) is 22.1. The van der Waals surface area contributed by atoms with E-state index in [0.717, 1.165) is 22.6 Å². The highest BCUT2D eigenvalue weighted by Gasteiger charge is 2.06. The largest absolute Gasteiger partial charge is 0.494 e. The van der Waals surface area contributed by atoms with Crippen molar-refractivity contribution in [3.63, 3.8) is 0 Å². The summed E-state index contributed by atoms with van der Waals surface area (Å²) in [5, 5.41) is 3.38. The Labute approximate surface area is 187 Å². The predicted molar refractivity (Wildman–Crippen MR) is 125 cm³/mol. The number of amides is 1. The Bertz CT molecular complexity index is 977. The highest BCUT2D eigenvalue weighted by molar-refractivity contribution is 7.80. The topological polar surface area (TPSA) is 71.6 Å². The van der Waals surface area contributed by atoms with Crippen LogP contribution in [0.15, 0.2) is 78.9 Å². The maximum Gasteiger partial charge on any atom is 0.269 e. The van der Waals surface area contributed by atoms with Gasteiger partial charge in [0, 0.05) is 12.1 Å². The molecule has 0 saturated carbocycles. The average molecular weight is 436 g/mol. The highest BCUT2D eigenvalue weighted by Crippen LogP contribution is 2.18. The summed E-state index contributed by atoms with van der Waals surface area (Å²) < 4.78 is 11.2. The van der Waals surface area contributed by atoms with E-state index in [0.29, 0.717) is 30.4 Å². The standard InChI is InChI=1S/C24H25N3O3S/c1-2-29-21-12-14-22(15-13-21)30-17-19-8-10-20(11-9-19)23(28)26-27-24(31)25-16-18-6-4-3-5-7-18/h3-15H,2,16-17H2,1H3,(H,26,28)(H2,25,27,31). The number of nitrogens with one attached hydrogen (secondary N) is 3. The lowest BCUT2D eigenvalue weighted by Crippen LogP contribution is -2.46. The molecule has 7 heteroatoms. The van der Waals surface area contributed by atoms with Crippen LogP contribution in [0.25, 0.3) is 0 Å². The second-order valence-corrected chi connectivity index (χ2v) is 7.05. The lowest BCUT2D eigenvalue weighted by Gasteiger charge is -2.12. The van der Waals surface area contributed by atoms with Gasteiger partial charge in [-0.15, -0.1) is 0 Å². The molecule has 31 heavy (non-hydrogen) atoms. The number of benzene rings is 3. The smallest absolute Gasteiger partial charge is 0.269 e. The molecule has 3 aromatic carbocycles. The first-order chi connectivity index (χ1) is 15.1. The Kier molecular flexibility index (Phi) is 8.25. The fourth-order valence-electron chi connectivity index (χ4n) is 2.73. The fraction of sp³-hybridized carbons (Fsp3) is 0.167. The van der Waals surface area contributed by atoms with E-state index >= 15 is 0 Å². The second kappa shape index (κ2) is 11.6. The number of rotatable bonds is 8. The number of hydrazine groups is 1. The van der Waals surface area contributed by atoms with Crippen LogP contribution in [0.1, 0.15) is 28.4 Å². The maximum absolute atomic E-state index is 12.3. The van der Waals surface area contributed by atoms with Crippen molar-refractivity contribution in [2.45, 2.75) is 20.1 Å². The molecule has 3 aromatic rings. The predicted octanol–water partition coefficient (Wildman–Crippen LogP) is 3.97. The molecular weight excluding hydrogens is 410 g/mol. The zero-order valence-electron chi connectivity index (χ0n) is 17.3. The number of ether oxygens (including phenoxy) is 2. The summed E-state index contributed by atoms with van der Waals surface area (Å²) in [5.41, 5.74) is 7.88. The molecule has 6 nitrogen and oxygen atoms in total. The molecule has 160 valence electrons. The molecule has 0 aliphatic carbocycles. The molecule has 0 aromatic heterocycles. The number of hydrogen-bond acceptors (Lipinski definition) is 4. The molecule has 0 atom stereocenters. The van der Waals surface area contributed by atoms with Crippen LogP contribution in [0.3, 0.4) is 0 Å². The van der Waals surface area contributed by atoms with Crippen LogP contribution in [0.5, 0.6) is 11.5 Å². The van der Waals surface area contributed by atoms with Crippen LogP contribution in [-0.4, -0.2) is 17.6 Å². The third kappa shape index (κ3) is 7.31. The molecule has 0 aliphatic rings. The van der Waals surface area contributed by atoms with Crippen molar-refractivity contribution in [1.29, 1.82) is 0 Å². The third-order valence-electron chi connectivity index (χ3n) is 4.34. The van der Waals surface area contributed by atoms with Crippen molar-refractivity contribution >= 4 is 23.2 Å². The SMILES string of the molecule is CCOc1ccc(OCc2ccc(C(=O)NNC(=S)NCc3ccccc3)cc2)cc1. The van der Waals surface area contributed by atoms with Gasteiger partial charge < -0.3 is 14.8 Å². The number of thiocarbonyl (C=S) groups is 1. The van der Waals surface area contributed by atoms with Gasteiger partial charge in [-0.25, -0.2) is 0 Å². The minimum absolute atomic E-state index is 0.275. The normalized spacial score (nSPS) is 10.1. The molecule has 0 spiro atoms. The molecule has 0 bridgehead atoms. The van der Waals surface area contributed by atoms with Crippen LogP contribution in [-0.2, 0) is 13.2 Å². The van der Waals surface area contributed by atoms with Crippen LogP contribution < -0.4 is 25.6 Å². The second-order valence-electron chi connectivity index (χ2n) is 6.64. The lowest BCUT2D eigenvalue weighted by atomic mass is 10.1. The van der Waals surface area contributed by atoms with Gasteiger partial charge in [0.2, 0.25) is 0 Å². The van der Waals surface area contributed by atoms with E-state index in [-0.39, 0.29) is 5.91 Å². The van der Waals surface area contributed by atoms with Gasteiger partial charge in [-0.05, 0) is 66.7 Å². The van der Waals surface area contributed by atoms with Crippen LogP contribution in [0, 0.1) is 0 Å². The molecule has 0 saturated heterocycles. The Morgan fingerprint density at radius 2 is 1.45 bits per heavy atom. The summed E-state index contributed by atoms with van der Waals surface area (Å²) in [6.45, 7) is 3.56. The first-order valence-electron chi connectivity index (χ1n) is 9.97. The minimum Gasteiger partial charge on any atom is -0.494 e. The Balaban J connectivity index is 1.41. The van der Waals surface area contributed by atoms with Crippen LogP contribution >= 0.6 is 12.2 Å².